The number of benzene rings is 2. The number of halogens is 2. The van der Waals surface area contributed by atoms with Crippen molar-refractivity contribution in [3.05, 3.63) is 58.9 Å². The molecule has 0 N–H and O–H groups in total. The van der Waals surface area contributed by atoms with Crippen LogP contribution >= 0.6 is 15.9 Å². The minimum atomic E-state index is -0.277. The lowest BCUT2D eigenvalue weighted by atomic mass is 10.0. The van der Waals surface area contributed by atoms with Gasteiger partial charge in [0.2, 0.25) is 0 Å². The second kappa shape index (κ2) is 5.68. The van der Waals surface area contributed by atoms with E-state index in [1.165, 1.54) is 18.7 Å². The van der Waals surface area contributed by atoms with Crippen molar-refractivity contribution in [2.45, 2.75) is 24.3 Å². The van der Waals surface area contributed by atoms with Gasteiger partial charge in [0.15, 0.2) is 0 Å². The monoisotopic (exact) mass is 350 g/mol. The summed E-state index contributed by atoms with van der Waals surface area (Å²) in [5.74, 6) is 1.18. The molecule has 110 valence electrons. The molecule has 3 rings (SSSR count). The first kappa shape index (κ1) is 14.4. The van der Waals surface area contributed by atoms with Crippen molar-refractivity contribution in [1.82, 2.24) is 0 Å². The molecule has 2 aromatic rings. The highest BCUT2D eigenvalue weighted by Gasteiger charge is 2.22. The van der Waals surface area contributed by atoms with Crippen molar-refractivity contribution < 1.29 is 13.9 Å². The number of methoxy groups -OCH3 is 1. The van der Waals surface area contributed by atoms with Gasteiger partial charge in [-0.3, -0.25) is 0 Å². The number of fused-ring (bicyclic) bond motifs is 1. The van der Waals surface area contributed by atoms with Crippen LogP contribution in [0, 0.1) is 5.82 Å². The second-order valence-corrected chi connectivity index (χ2v) is 6.17. The van der Waals surface area contributed by atoms with E-state index in [-0.39, 0.29) is 16.7 Å². The smallest absolute Gasteiger partial charge is 0.131 e. The lowest BCUT2D eigenvalue weighted by Crippen LogP contribution is -2.05. The summed E-state index contributed by atoms with van der Waals surface area (Å²) in [6.45, 7) is 2.05. The Labute approximate surface area is 132 Å². The van der Waals surface area contributed by atoms with Crippen molar-refractivity contribution >= 4 is 15.9 Å². The third kappa shape index (κ3) is 2.77. The molecule has 0 saturated carbocycles. The molecule has 1 aliphatic heterocycles. The maximum Gasteiger partial charge on any atom is 0.131 e. The molecule has 0 fully saturated rings. The molecule has 21 heavy (non-hydrogen) atoms. The fraction of sp³-hybridized carbons (Fsp3) is 0.294. The van der Waals surface area contributed by atoms with Gasteiger partial charge >= 0.3 is 0 Å². The van der Waals surface area contributed by atoms with E-state index in [1.54, 1.807) is 12.1 Å². The number of hydrogen-bond acceptors (Lipinski definition) is 2. The SMILES string of the molecule is COc1ccc(C(Br)c2ccc3c(c2)CC(C)O3)c(F)c1. The van der Waals surface area contributed by atoms with Gasteiger partial charge in [0, 0.05) is 18.1 Å². The highest BCUT2D eigenvalue weighted by atomic mass is 79.9. The predicted molar refractivity (Wildman–Crippen MR) is 84.0 cm³/mol. The lowest BCUT2D eigenvalue weighted by Gasteiger charge is -2.13. The van der Waals surface area contributed by atoms with Gasteiger partial charge in [0.1, 0.15) is 23.4 Å². The summed E-state index contributed by atoms with van der Waals surface area (Å²) in [6, 6.07) is 10.9. The predicted octanol–water partition coefficient (Wildman–Crippen LogP) is 4.64. The van der Waals surface area contributed by atoms with Crippen LogP contribution in [0.1, 0.15) is 28.4 Å². The number of alkyl halides is 1. The van der Waals surface area contributed by atoms with Gasteiger partial charge in [0.05, 0.1) is 11.9 Å². The molecule has 2 atom stereocenters. The normalized spacial score (nSPS) is 18.0. The zero-order valence-corrected chi connectivity index (χ0v) is 13.5. The molecular weight excluding hydrogens is 335 g/mol. The Balaban J connectivity index is 1.92. The molecule has 2 aromatic carbocycles. The molecule has 2 nitrogen and oxygen atoms in total. The van der Waals surface area contributed by atoms with Crippen LogP contribution < -0.4 is 9.47 Å². The first-order valence-electron chi connectivity index (χ1n) is 6.85. The standard InChI is InChI=1S/C17H16BrFO2/c1-10-7-12-8-11(3-6-16(12)21-10)17(18)14-5-4-13(20-2)9-15(14)19/h3-6,8-10,17H,7H2,1-2H3. The first-order chi connectivity index (χ1) is 10.1. The van der Waals surface area contributed by atoms with Gasteiger partial charge in [-0.2, -0.15) is 0 Å². The second-order valence-electron chi connectivity index (χ2n) is 5.25. The molecule has 0 saturated heterocycles. The van der Waals surface area contributed by atoms with Gasteiger partial charge < -0.3 is 9.47 Å². The minimum absolute atomic E-state index is 0.190. The van der Waals surface area contributed by atoms with E-state index >= 15 is 0 Å². The number of ether oxygens (including phenoxy) is 2. The van der Waals surface area contributed by atoms with E-state index in [1.807, 2.05) is 12.1 Å². The molecule has 2 unspecified atom stereocenters. The van der Waals surface area contributed by atoms with E-state index in [2.05, 4.69) is 28.9 Å². The Morgan fingerprint density at radius 1 is 1.29 bits per heavy atom. The molecule has 1 heterocycles. The highest BCUT2D eigenvalue weighted by Crippen LogP contribution is 2.37. The van der Waals surface area contributed by atoms with Crippen molar-refractivity contribution in [1.29, 1.82) is 0 Å². The molecule has 0 bridgehead atoms. The summed E-state index contributed by atoms with van der Waals surface area (Å²) < 4.78 is 24.9. The molecule has 0 aromatic heterocycles. The molecule has 0 aliphatic carbocycles. The zero-order chi connectivity index (χ0) is 15.0. The van der Waals surface area contributed by atoms with E-state index in [0.29, 0.717) is 11.3 Å². The number of hydrogen-bond donors (Lipinski definition) is 0. The van der Waals surface area contributed by atoms with Crippen LogP contribution in [0.15, 0.2) is 36.4 Å². The van der Waals surface area contributed by atoms with Crippen LogP contribution in [0.4, 0.5) is 4.39 Å². The molecule has 0 amide bonds. The van der Waals surface area contributed by atoms with Crippen molar-refractivity contribution in [3.63, 3.8) is 0 Å². The zero-order valence-electron chi connectivity index (χ0n) is 11.9. The van der Waals surface area contributed by atoms with Gasteiger partial charge in [0.25, 0.3) is 0 Å². The average Bonchev–Trinajstić information content (AvgIpc) is 2.85. The summed E-state index contributed by atoms with van der Waals surface area (Å²) in [4.78, 5) is -0.190. The van der Waals surface area contributed by atoms with Gasteiger partial charge in [-0.25, -0.2) is 4.39 Å². The Hall–Kier alpha value is -1.55. The Bertz CT molecular complexity index is 672. The topological polar surface area (TPSA) is 18.5 Å². The summed E-state index contributed by atoms with van der Waals surface area (Å²) in [5, 5.41) is 0. The quantitative estimate of drug-likeness (QED) is 0.750. The Morgan fingerprint density at radius 2 is 2.10 bits per heavy atom. The number of rotatable bonds is 3. The largest absolute Gasteiger partial charge is 0.497 e. The maximum atomic E-state index is 14.2. The van der Waals surface area contributed by atoms with Gasteiger partial charge in [-0.1, -0.05) is 34.1 Å². The summed E-state index contributed by atoms with van der Waals surface area (Å²) in [6.07, 6.45) is 1.11. The third-order valence-electron chi connectivity index (χ3n) is 3.69. The van der Waals surface area contributed by atoms with Crippen molar-refractivity contribution in [2.75, 3.05) is 7.11 Å². The van der Waals surface area contributed by atoms with E-state index in [9.17, 15) is 4.39 Å². The van der Waals surface area contributed by atoms with Crippen LogP contribution in [0.25, 0.3) is 0 Å². The average molecular weight is 351 g/mol. The highest BCUT2D eigenvalue weighted by molar-refractivity contribution is 9.09. The molecule has 0 spiro atoms. The molecule has 1 aliphatic rings. The summed E-state index contributed by atoms with van der Waals surface area (Å²) >= 11 is 3.59. The fourth-order valence-electron chi connectivity index (χ4n) is 2.62. The molecule has 4 heteroatoms. The van der Waals surface area contributed by atoms with Crippen molar-refractivity contribution in [3.8, 4) is 11.5 Å². The van der Waals surface area contributed by atoms with Crippen LogP contribution in [-0.4, -0.2) is 13.2 Å². The molecule has 0 radical (unpaired) electrons. The van der Waals surface area contributed by atoms with Crippen molar-refractivity contribution in [2.24, 2.45) is 0 Å². The van der Waals surface area contributed by atoms with Crippen LogP contribution in [0.2, 0.25) is 0 Å². The van der Waals surface area contributed by atoms with Crippen LogP contribution in [0.3, 0.4) is 0 Å². The maximum absolute atomic E-state index is 14.2. The lowest BCUT2D eigenvalue weighted by molar-refractivity contribution is 0.254. The summed E-state index contributed by atoms with van der Waals surface area (Å²) in [7, 11) is 1.53. The summed E-state index contributed by atoms with van der Waals surface area (Å²) in [5.41, 5.74) is 2.80. The molecular formula is C17H16BrFO2. The first-order valence-corrected chi connectivity index (χ1v) is 7.77. The van der Waals surface area contributed by atoms with E-state index in [0.717, 1.165) is 17.7 Å². The van der Waals surface area contributed by atoms with Crippen LogP contribution in [-0.2, 0) is 6.42 Å². The minimum Gasteiger partial charge on any atom is -0.497 e. The van der Waals surface area contributed by atoms with E-state index in [4.69, 9.17) is 9.47 Å². The van der Waals surface area contributed by atoms with Gasteiger partial charge in [-0.05, 0) is 30.2 Å². The van der Waals surface area contributed by atoms with Gasteiger partial charge in [-0.15, -0.1) is 0 Å². The van der Waals surface area contributed by atoms with E-state index < -0.39 is 0 Å². The Morgan fingerprint density at radius 3 is 2.81 bits per heavy atom. The third-order valence-corrected chi connectivity index (χ3v) is 4.72. The van der Waals surface area contributed by atoms with Crippen LogP contribution in [0.5, 0.6) is 11.5 Å². The fourth-order valence-corrected chi connectivity index (χ4v) is 3.28. The Kier molecular flexibility index (Phi) is 3.89.